The van der Waals surface area contributed by atoms with Crippen LogP contribution in [0.1, 0.15) is 16.0 Å². The van der Waals surface area contributed by atoms with E-state index in [4.69, 9.17) is 11.0 Å². The Morgan fingerprint density at radius 1 is 1.50 bits per heavy atom. The van der Waals surface area contributed by atoms with Crippen LogP contribution in [0.25, 0.3) is 0 Å². The minimum atomic E-state index is 0.699. The topological polar surface area (TPSA) is 49.8 Å². The highest BCUT2D eigenvalue weighted by molar-refractivity contribution is 7.98. The van der Waals surface area contributed by atoms with E-state index in [1.165, 1.54) is 10.4 Å². The summed E-state index contributed by atoms with van der Waals surface area (Å²) in [6, 6.07) is 2.18. The van der Waals surface area contributed by atoms with Gasteiger partial charge in [0.1, 0.15) is 11.1 Å². The standard InChI is InChI=1S/C8H8N2S2/c9-3-6-5-1-2-11-4-7(5)12-8(6)10/h1-2,4,10H2. The van der Waals surface area contributed by atoms with Gasteiger partial charge in [0.15, 0.2) is 0 Å². The summed E-state index contributed by atoms with van der Waals surface area (Å²) in [5, 5.41) is 9.53. The molecule has 62 valence electrons. The van der Waals surface area contributed by atoms with Gasteiger partial charge in [0, 0.05) is 10.6 Å². The predicted octanol–water partition coefficient (Wildman–Crippen LogP) is 1.99. The van der Waals surface area contributed by atoms with Crippen LogP contribution in [0.2, 0.25) is 0 Å². The number of nitrogens with two attached hydrogens (primary N) is 1. The van der Waals surface area contributed by atoms with E-state index in [0.717, 1.165) is 23.5 Å². The van der Waals surface area contributed by atoms with E-state index in [2.05, 4.69) is 6.07 Å². The fraction of sp³-hybridized carbons (Fsp3) is 0.375. The monoisotopic (exact) mass is 196 g/mol. The van der Waals surface area contributed by atoms with Crippen molar-refractivity contribution < 1.29 is 0 Å². The molecule has 0 unspecified atom stereocenters. The molecule has 0 atom stereocenters. The van der Waals surface area contributed by atoms with Crippen LogP contribution in [0.15, 0.2) is 0 Å². The average Bonchev–Trinajstić information content (AvgIpc) is 2.40. The van der Waals surface area contributed by atoms with E-state index in [9.17, 15) is 0 Å². The first kappa shape index (κ1) is 7.96. The first-order valence-electron chi connectivity index (χ1n) is 3.70. The van der Waals surface area contributed by atoms with E-state index in [1.807, 2.05) is 11.8 Å². The Morgan fingerprint density at radius 3 is 3.08 bits per heavy atom. The zero-order valence-electron chi connectivity index (χ0n) is 6.46. The van der Waals surface area contributed by atoms with Gasteiger partial charge in [-0.2, -0.15) is 17.0 Å². The van der Waals surface area contributed by atoms with Crippen LogP contribution in [0.3, 0.4) is 0 Å². The third-order valence-corrected chi connectivity index (χ3v) is 4.19. The number of thioether (sulfide) groups is 1. The van der Waals surface area contributed by atoms with Crippen LogP contribution in [0.4, 0.5) is 5.00 Å². The highest BCUT2D eigenvalue weighted by atomic mass is 32.2. The fourth-order valence-electron chi connectivity index (χ4n) is 1.38. The van der Waals surface area contributed by atoms with E-state index in [-0.39, 0.29) is 0 Å². The van der Waals surface area contributed by atoms with Crippen molar-refractivity contribution in [1.29, 1.82) is 5.26 Å². The number of nitriles is 1. The zero-order valence-corrected chi connectivity index (χ0v) is 8.10. The Hall–Kier alpha value is -0.660. The summed E-state index contributed by atoms with van der Waals surface area (Å²) in [7, 11) is 0. The van der Waals surface area contributed by atoms with Gasteiger partial charge in [-0.3, -0.25) is 0 Å². The average molecular weight is 196 g/mol. The molecule has 0 radical (unpaired) electrons. The third kappa shape index (κ3) is 1.10. The van der Waals surface area contributed by atoms with Gasteiger partial charge in [0.25, 0.3) is 0 Å². The lowest BCUT2D eigenvalue weighted by molar-refractivity contribution is 1.11. The first-order chi connectivity index (χ1) is 5.83. The molecule has 2 heterocycles. The molecule has 0 spiro atoms. The van der Waals surface area contributed by atoms with Crippen molar-refractivity contribution in [2.24, 2.45) is 0 Å². The van der Waals surface area contributed by atoms with Gasteiger partial charge in [-0.1, -0.05) is 0 Å². The largest absolute Gasteiger partial charge is 0.389 e. The number of nitrogens with zero attached hydrogens (tertiary/aromatic N) is 1. The van der Waals surface area contributed by atoms with E-state index >= 15 is 0 Å². The SMILES string of the molecule is N#Cc1c(N)sc2c1CCSC2. The van der Waals surface area contributed by atoms with Crippen molar-refractivity contribution in [3.8, 4) is 6.07 Å². The van der Waals surface area contributed by atoms with Crippen LogP contribution in [0.5, 0.6) is 0 Å². The molecule has 2 rings (SSSR count). The van der Waals surface area contributed by atoms with Crippen LogP contribution in [-0.2, 0) is 12.2 Å². The molecule has 1 aromatic rings. The molecule has 0 amide bonds. The minimum absolute atomic E-state index is 0.699. The Labute approximate surface area is 79.4 Å². The quantitative estimate of drug-likeness (QED) is 0.690. The number of hydrogen-bond donors (Lipinski definition) is 1. The number of anilines is 1. The molecule has 0 aromatic carbocycles. The zero-order chi connectivity index (χ0) is 8.55. The van der Waals surface area contributed by atoms with Gasteiger partial charge >= 0.3 is 0 Å². The summed E-state index contributed by atoms with van der Waals surface area (Å²) in [6.45, 7) is 0. The van der Waals surface area contributed by atoms with Crippen molar-refractivity contribution in [2.45, 2.75) is 12.2 Å². The molecule has 0 saturated heterocycles. The van der Waals surface area contributed by atoms with Crippen molar-refractivity contribution >= 4 is 28.1 Å². The van der Waals surface area contributed by atoms with Gasteiger partial charge in [-0.15, -0.1) is 11.3 Å². The number of fused-ring (bicyclic) bond motifs is 1. The van der Waals surface area contributed by atoms with Crippen LogP contribution in [-0.4, -0.2) is 5.75 Å². The molecule has 1 aliphatic heterocycles. The molecule has 2 N–H and O–H groups in total. The Balaban J connectivity index is 2.56. The first-order valence-corrected chi connectivity index (χ1v) is 5.68. The van der Waals surface area contributed by atoms with Crippen LogP contribution >= 0.6 is 23.1 Å². The van der Waals surface area contributed by atoms with E-state index in [1.54, 1.807) is 11.3 Å². The van der Waals surface area contributed by atoms with Gasteiger partial charge in [-0.25, -0.2) is 0 Å². The predicted molar refractivity (Wildman–Crippen MR) is 53.3 cm³/mol. The summed E-state index contributed by atoms with van der Waals surface area (Å²) < 4.78 is 0. The normalized spacial score (nSPS) is 15.2. The van der Waals surface area contributed by atoms with E-state index < -0.39 is 0 Å². The number of nitrogen functional groups attached to an aromatic ring is 1. The number of hydrogen-bond acceptors (Lipinski definition) is 4. The van der Waals surface area contributed by atoms with Gasteiger partial charge < -0.3 is 5.73 Å². The number of thiophene rings is 1. The van der Waals surface area contributed by atoms with Crippen LogP contribution < -0.4 is 5.73 Å². The fourth-order valence-corrected chi connectivity index (χ4v) is 3.58. The van der Waals surface area contributed by atoms with E-state index in [0.29, 0.717) is 5.00 Å². The van der Waals surface area contributed by atoms with Crippen LogP contribution in [0, 0.1) is 11.3 Å². The Bertz CT molecular complexity index is 349. The molecule has 1 aromatic heterocycles. The summed E-state index contributed by atoms with van der Waals surface area (Å²) in [4.78, 5) is 1.31. The van der Waals surface area contributed by atoms with Gasteiger partial charge in [-0.05, 0) is 17.7 Å². The Morgan fingerprint density at radius 2 is 2.33 bits per heavy atom. The molecule has 4 heteroatoms. The summed E-state index contributed by atoms with van der Waals surface area (Å²) in [6.07, 6.45) is 1.01. The lowest BCUT2D eigenvalue weighted by Gasteiger charge is -2.09. The second-order valence-corrected chi connectivity index (χ2v) is 4.90. The van der Waals surface area contributed by atoms with Crippen molar-refractivity contribution in [3.63, 3.8) is 0 Å². The highest BCUT2D eigenvalue weighted by Crippen LogP contribution is 2.36. The van der Waals surface area contributed by atoms with Crippen molar-refractivity contribution in [2.75, 3.05) is 11.5 Å². The maximum atomic E-state index is 8.83. The highest BCUT2D eigenvalue weighted by Gasteiger charge is 2.18. The molecular formula is C8H8N2S2. The molecule has 0 aliphatic carbocycles. The van der Waals surface area contributed by atoms with Gasteiger partial charge in [0.05, 0.1) is 5.56 Å². The third-order valence-electron chi connectivity index (χ3n) is 1.96. The molecule has 0 saturated carbocycles. The second-order valence-electron chi connectivity index (χ2n) is 2.66. The summed E-state index contributed by atoms with van der Waals surface area (Å²) >= 11 is 3.49. The molecule has 1 aliphatic rings. The van der Waals surface area contributed by atoms with Gasteiger partial charge in [0.2, 0.25) is 0 Å². The minimum Gasteiger partial charge on any atom is -0.389 e. The number of rotatable bonds is 0. The molecule has 12 heavy (non-hydrogen) atoms. The lowest BCUT2D eigenvalue weighted by Crippen LogP contribution is -1.99. The molecule has 2 nitrogen and oxygen atoms in total. The lowest BCUT2D eigenvalue weighted by atomic mass is 10.1. The second kappa shape index (κ2) is 3.00. The summed E-state index contributed by atoms with van der Waals surface area (Å²) in [5.41, 5.74) is 7.66. The smallest absolute Gasteiger partial charge is 0.104 e. The molecule has 0 bridgehead atoms. The molecule has 0 fully saturated rings. The Kier molecular flexibility index (Phi) is 1.99. The van der Waals surface area contributed by atoms with Crippen molar-refractivity contribution in [1.82, 2.24) is 0 Å². The maximum absolute atomic E-state index is 8.83. The van der Waals surface area contributed by atoms with Crippen molar-refractivity contribution in [3.05, 3.63) is 16.0 Å². The molecular weight excluding hydrogens is 188 g/mol. The summed E-state index contributed by atoms with van der Waals surface area (Å²) in [5.74, 6) is 2.16. The maximum Gasteiger partial charge on any atom is 0.104 e.